The van der Waals surface area contributed by atoms with Crippen molar-refractivity contribution in [3.8, 4) is 0 Å². The fraction of sp³-hybridized carbons (Fsp3) is 0.0667. The van der Waals surface area contributed by atoms with Crippen molar-refractivity contribution in [2.75, 3.05) is 5.32 Å². The first-order valence-electron chi connectivity index (χ1n) is 6.85. The summed E-state index contributed by atoms with van der Waals surface area (Å²) in [5.41, 5.74) is 0.291. The standard InChI is InChI=1S/C15H11ClFN5O2/c16-11-4-2-1-3-9(11)7-22-8-10(5-19-22)14(23)20-13-12(17)6-18-15(24)21-13/h1-6,8H,7H2,(H2,18,20,21,23,24). The van der Waals surface area contributed by atoms with Gasteiger partial charge in [0.05, 0.1) is 24.5 Å². The van der Waals surface area contributed by atoms with E-state index in [0.29, 0.717) is 11.6 Å². The van der Waals surface area contributed by atoms with Crippen LogP contribution in [0.5, 0.6) is 0 Å². The number of nitrogens with zero attached hydrogens (tertiary/aromatic N) is 3. The molecule has 7 nitrogen and oxygen atoms in total. The summed E-state index contributed by atoms with van der Waals surface area (Å²) in [6, 6.07) is 7.27. The largest absolute Gasteiger partial charge is 0.346 e. The maximum Gasteiger partial charge on any atom is 0.346 e. The Hall–Kier alpha value is -3.00. The zero-order valence-electron chi connectivity index (χ0n) is 12.2. The summed E-state index contributed by atoms with van der Waals surface area (Å²) < 4.78 is 15.0. The molecule has 2 heterocycles. The number of H-pyrrole nitrogens is 1. The van der Waals surface area contributed by atoms with Crippen LogP contribution in [0.2, 0.25) is 5.02 Å². The summed E-state index contributed by atoms with van der Waals surface area (Å²) in [5, 5.41) is 6.93. The summed E-state index contributed by atoms with van der Waals surface area (Å²) in [6.07, 6.45) is 3.56. The quantitative estimate of drug-likeness (QED) is 0.755. The van der Waals surface area contributed by atoms with Gasteiger partial charge in [0.25, 0.3) is 5.91 Å². The Morgan fingerprint density at radius 2 is 2.12 bits per heavy atom. The van der Waals surface area contributed by atoms with Gasteiger partial charge < -0.3 is 5.32 Å². The third-order valence-electron chi connectivity index (χ3n) is 3.19. The van der Waals surface area contributed by atoms with Gasteiger partial charge in [-0.05, 0) is 11.6 Å². The number of halogens is 2. The molecule has 24 heavy (non-hydrogen) atoms. The number of aromatic nitrogens is 4. The van der Waals surface area contributed by atoms with Gasteiger partial charge in [0.1, 0.15) is 0 Å². The normalized spacial score (nSPS) is 10.6. The molecule has 0 fully saturated rings. The monoisotopic (exact) mass is 347 g/mol. The van der Waals surface area contributed by atoms with Gasteiger partial charge in [-0.3, -0.25) is 14.5 Å². The van der Waals surface area contributed by atoms with Gasteiger partial charge in [-0.15, -0.1) is 0 Å². The van der Waals surface area contributed by atoms with E-state index in [-0.39, 0.29) is 11.4 Å². The molecule has 122 valence electrons. The highest BCUT2D eigenvalue weighted by Gasteiger charge is 2.13. The van der Waals surface area contributed by atoms with E-state index in [1.54, 1.807) is 6.07 Å². The lowest BCUT2D eigenvalue weighted by molar-refractivity contribution is 0.102. The lowest BCUT2D eigenvalue weighted by Gasteiger charge is -2.04. The molecule has 1 aromatic carbocycles. The second-order valence-corrected chi connectivity index (χ2v) is 5.29. The summed E-state index contributed by atoms with van der Waals surface area (Å²) in [6.45, 7) is 0.382. The molecule has 0 aliphatic rings. The summed E-state index contributed by atoms with van der Waals surface area (Å²) >= 11 is 6.08. The van der Waals surface area contributed by atoms with E-state index in [4.69, 9.17) is 11.6 Å². The zero-order valence-corrected chi connectivity index (χ0v) is 12.9. The van der Waals surface area contributed by atoms with Crippen LogP contribution >= 0.6 is 11.6 Å². The van der Waals surface area contributed by atoms with Gasteiger partial charge in [-0.1, -0.05) is 29.8 Å². The Morgan fingerprint density at radius 1 is 1.33 bits per heavy atom. The van der Waals surface area contributed by atoms with Gasteiger partial charge in [0.2, 0.25) is 0 Å². The van der Waals surface area contributed by atoms with E-state index in [1.165, 1.54) is 17.1 Å². The highest BCUT2D eigenvalue weighted by atomic mass is 35.5. The molecule has 0 radical (unpaired) electrons. The Labute approximate surface area is 140 Å². The van der Waals surface area contributed by atoms with E-state index >= 15 is 0 Å². The van der Waals surface area contributed by atoms with Crippen molar-refractivity contribution < 1.29 is 9.18 Å². The average molecular weight is 348 g/mol. The highest BCUT2D eigenvalue weighted by Crippen LogP contribution is 2.16. The van der Waals surface area contributed by atoms with Crippen LogP contribution < -0.4 is 11.0 Å². The Kier molecular flexibility index (Phi) is 4.39. The number of hydrogen-bond acceptors (Lipinski definition) is 4. The predicted octanol–water partition coefficient (Wildman–Crippen LogP) is 2.06. The molecule has 3 rings (SSSR count). The minimum atomic E-state index is -0.841. The van der Waals surface area contributed by atoms with Crippen LogP contribution in [0, 0.1) is 5.82 Å². The van der Waals surface area contributed by atoms with Gasteiger partial charge in [0, 0.05) is 11.2 Å². The van der Waals surface area contributed by atoms with Crippen LogP contribution in [-0.2, 0) is 6.54 Å². The average Bonchev–Trinajstić information content (AvgIpc) is 3.02. The van der Waals surface area contributed by atoms with Gasteiger partial charge in [-0.2, -0.15) is 10.1 Å². The topological polar surface area (TPSA) is 92.7 Å². The van der Waals surface area contributed by atoms with Crippen LogP contribution in [0.3, 0.4) is 0 Å². The lowest BCUT2D eigenvalue weighted by Crippen LogP contribution is -2.19. The molecule has 1 amide bonds. The van der Waals surface area contributed by atoms with E-state index in [1.807, 2.05) is 18.2 Å². The second-order valence-electron chi connectivity index (χ2n) is 4.88. The van der Waals surface area contributed by atoms with Crippen molar-refractivity contribution >= 4 is 23.3 Å². The number of carbonyl (C=O) groups is 1. The van der Waals surface area contributed by atoms with E-state index in [9.17, 15) is 14.0 Å². The molecule has 0 aliphatic carbocycles. The first-order valence-corrected chi connectivity index (χ1v) is 7.23. The predicted molar refractivity (Wildman–Crippen MR) is 85.5 cm³/mol. The van der Waals surface area contributed by atoms with Crippen LogP contribution in [-0.4, -0.2) is 25.7 Å². The van der Waals surface area contributed by atoms with Crippen molar-refractivity contribution in [2.45, 2.75) is 6.54 Å². The maximum absolute atomic E-state index is 13.5. The highest BCUT2D eigenvalue weighted by molar-refractivity contribution is 6.31. The molecule has 9 heteroatoms. The van der Waals surface area contributed by atoms with Crippen LogP contribution in [0.15, 0.2) is 47.7 Å². The molecule has 0 bridgehead atoms. The molecule has 2 aromatic heterocycles. The molecule has 0 saturated heterocycles. The van der Waals surface area contributed by atoms with Crippen molar-refractivity contribution in [2.24, 2.45) is 0 Å². The fourth-order valence-electron chi connectivity index (χ4n) is 2.02. The first-order chi connectivity index (χ1) is 11.5. The molecule has 0 atom stereocenters. The molecule has 2 N–H and O–H groups in total. The van der Waals surface area contributed by atoms with Crippen molar-refractivity contribution in [3.05, 3.63) is 75.3 Å². The molecular weight excluding hydrogens is 337 g/mol. The minimum Gasteiger partial charge on any atom is -0.305 e. The summed E-state index contributed by atoms with van der Waals surface area (Å²) in [5.74, 6) is -1.80. The second kappa shape index (κ2) is 6.63. The van der Waals surface area contributed by atoms with E-state index < -0.39 is 17.4 Å². The molecule has 0 saturated carbocycles. The Balaban J connectivity index is 1.75. The smallest absolute Gasteiger partial charge is 0.305 e. The molecule has 0 spiro atoms. The van der Waals surface area contributed by atoms with Crippen LogP contribution in [0.25, 0.3) is 0 Å². The Morgan fingerprint density at radius 3 is 2.92 bits per heavy atom. The van der Waals surface area contributed by atoms with Crippen molar-refractivity contribution in [1.82, 2.24) is 19.7 Å². The number of carbonyl (C=O) groups excluding carboxylic acids is 1. The summed E-state index contributed by atoms with van der Waals surface area (Å²) in [4.78, 5) is 28.5. The number of rotatable bonds is 4. The number of anilines is 1. The molecular formula is C15H11ClFN5O2. The van der Waals surface area contributed by atoms with E-state index in [0.717, 1.165) is 11.8 Å². The van der Waals surface area contributed by atoms with Crippen molar-refractivity contribution in [1.29, 1.82) is 0 Å². The molecule has 0 unspecified atom stereocenters. The number of aromatic amines is 1. The van der Waals surface area contributed by atoms with E-state index in [2.05, 4.69) is 20.4 Å². The van der Waals surface area contributed by atoms with Gasteiger partial charge >= 0.3 is 5.69 Å². The number of benzene rings is 1. The first kappa shape index (κ1) is 15.9. The third kappa shape index (κ3) is 3.49. The van der Waals surface area contributed by atoms with Gasteiger partial charge in [-0.25, -0.2) is 9.18 Å². The maximum atomic E-state index is 13.5. The zero-order chi connectivity index (χ0) is 17.1. The lowest BCUT2D eigenvalue weighted by atomic mass is 10.2. The van der Waals surface area contributed by atoms with Crippen molar-refractivity contribution in [3.63, 3.8) is 0 Å². The van der Waals surface area contributed by atoms with Gasteiger partial charge in [0.15, 0.2) is 11.6 Å². The SMILES string of the molecule is O=C(Nc1[nH]c(=O)ncc1F)c1cnn(Cc2ccccc2Cl)c1. The minimum absolute atomic E-state index is 0.208. The number of nitrogens with one attached hydrogen (secondary N) is 2. The fourth-order valence-corrected chi connectivity index (χ4v) is 2.22. The summed E-state index contributed by atoms with van der Waals surface area (Å²) in [7, 11) is 0. The van der Waals surface area contributed by atoms with Crippen LogP contribution in [0.1, 0.15) is 15.9 Å². The van der Waals surface area contributed by atoms with Crippen LogP contribution in [0.4, 0.5) is 10.2 Å². The Bertz CT molecular complexity index is 953. The molecule has 3 aromatic rings. The number of amides is 1. The number of hydrogen-bond donors (Lipinski definition) is 2. The third-order valence-corrected chi connectivity index (χ3v) is 3.56. The molecule has 0 aliphatic heterocycles.